The first kappa shape index (κ1) is 28.5. The SMILES string of the molecule is CSNc1ccc(Cl)cc1C(=O)N1CCCCC1c1cc2nc(N3CCCC3)c(C)cn2n1.N.O=CO. The molecule has 5 N–H and O–H groups in total. The number of halogens is 1. The minimum absolute atomic E-state index is 0. The molecule has 12 heteroatoms. The van der Waals surface area contributed by atoms with Crippen molar-refractivity contribution in [1.82, 2.24) is 25.6 Å². The molecule has 1 amide bonds. The number of aryl methyl sites for hydroxylation is 1. The first-order chi connectivity index (χ1) is 17.5. The molecule has 10 nitrogen and oxygen atoms in total. The minimum Gasteiger partial charge on any atom is -0.483 e. The lowest BCUT2D eigenvalue weighted by molar-refractivity contribution is -0.122. The zero-order valence-corrected chi connectivity index (χ0v) is 22.8. The van der Waals surface area contributed by atoms with Crippen LogP contribution >= 0.6 is 23.5 Å². The molecule has 2 aromatic heterocycles. The van der Waals surface area contributed by atoms with E-state index in [0.717, 1.165) is 60.8 Å². The number of hydrogen-bond donors (Lipinski definition) is 3. The summed E-state index contributed by atoms with van der Waals surface area (Å²) >= 11 is 7.72. The van der Waals surface area contributed by atoms with Gasteiger partial charge in [-0.3, -0.25) is 9.59 Å². The lowest BCUT2D eigenvalue weighted by atomic mass is 9.98. The maximum Gasteiger partial charge on any atom is 0.290 e. The van der Waals surface area contributed by atoms with Gasteiger partial charge in [-0.1, -0.05) is 23.5 Å². The Labute approximate surface area is 226 Å². The second-order valence-electron chi connectivity index (χ2n) is 8.93. The Morgan fingerprint density at radius 1 is 1.19 bits per heavy atom. The van der Waals surface area contributed by atoms with Gasteiger partial charge in [0, 0.05) is 48.7 Å². The molecule has 37 heavy (non-hydrogen) atoms. The largest absolute Gasteiger partial charge is 0.483 e. The van der Waals surface area contributed by atoms with Crippen LogP contribution in [0.3, 0.4) is 0 Å². The number of amides is 1. The normalized spacial score (nSPS) is 17.1. The lowest BCUT2D eigenvalue weighted by Gasteiger charge is -2.35. The van der Waals surface area contributed by atoms with Gasteiger partial charge in [-0.15, -0.1) is 0 Å². The highest BCUT2D eigenvalue weighted by atomic mass is 35.5. The van der Waals surface area contributed by atoms with Crippen LogP contribution in [0.25, 0.3) is 5.65 Å². The molecule has 0 spiro atoms. The van der Waals surface area contributed by atoms with Gasteiger partial charge in [-0.2, -0.15) is 5.10 Å². The number of nitrogens with zero attached hydrogens (tertiary/aromatic N) is 5. The third kappa shape index (κ3) is 6.28. The summed E-state index contributed by atoms with van der Waals surface area (Å²) in [5, 5.41) is 12.3. The van der Waals surface area contributed by atoms with Gasteiger partial charge in [0.25, 0.3) is 12.4 Å². The average molecular weight is 548 g/mol. The number of benzene rings is 1. The van der Waals surface area contributed by atoms with Crippen molar-refractivity contribution < 1.29 is 14.7 Å². The Morgan fingerprint density at radius 2 is 1.89 bits per heavy atom. The first-order valence-corrected chi connectivity index (χ1v) is 13.7. The van der Waals surface area contributed by atoms with Crippen molar-refractivity contribution >= 4 is 53.1 Å². The maximum atomic E-state index is 13.7. The number of piperidine rings is 1. The topological polar surface area (TPSA) is 138 Å². The van der Waals surface area contributed by atoms with Crippen LogP contribution in [-0.4, -0.2) is 62.9 Å². The van der Waals surface area contributed by atoms with E-state index in [9.17, 15) is 4.79 Å². The summed E-state index contributed by atoms with van der Waals surface area (Å²) in [6.45, 7) is 4.66. The molecule has 0 saturated carbocycles. The van der Waals surface area contributed by atoms with Gasteiger partial charge >= 0.3 is 0 Å². The highest BCUT2D eigenvalue weighted by Gasteiger charge is 2.32. The third-order valence-corrected chi connectivity index (χ3v) is 7.22. The fraction of sp³-hybridized carbons (Fsp3) is 0.440. The van der Waals surface area contributed by atoms with E-state index in [0.29, 0.717) is 17.1 Å². The smallest absolute Gasteiger partial charge is 0.290 e. The highest BCUT2D eigenvalue weighted by Crippen LogP contribution is 2.34. The van der Waals surface area contributed by atoms with Crippen molar-refractivity contribution in [3.8, 4) is 0 Å². The van der Waals surface area contributed by atoms with Crippen molar-refractivity contribution in [2.24, 2.45) is 0 Å². The van der Waals surface area contributed by atoms with E-state index in [1.807, 2.05) is 27.8 Å². The lowest BCUT2D eigenvalue weighted by Crippen LogP contribution is -2.39. The van der Waals surface area contributed by atoms with E-state index >= 15 is 0 Å². The van der Waals surface area contributed by atoms with Crippen LogP contribution in [0.1, 0.15) is 59.8 Å². The number of carbonyl (C=O) groups excluding carboxylic acids is 1. The van der Waals surface area contributed by atoms with E-state index in [2.05, 4.69) is 22.7 Å². The molecular weight excluding hydrogens is 514 g/mol. The van der Waals surface area contributed by atoms with Gasteiger partial charge < -0.3 is 25.8 Å². The summed E-state index contributed by atoms with van der Waals surface area (Å²) in [7, 11) is 0. The molecule has 0 bridgehead atoms. The number of carbonyl (C=O) groups is 2. The predicted octanol–water partition coefficient (Wildman–Crippen LogP) is 5.21. The van der Waals surface area contributed by atoms with E-state index in [4.69, 9.17) is 31.6 Å². The van der Waals surface area contributed by atoms with Crippen LogP contribution in [0.5, 0.6) is 0 Å². The summed E-state index contributed by atoms with van der Waals surface area (Å²) < 4.78 is 5.08. The summed E-state index contributed by atoms with van der Waals surface area (Å²) in [4.78, 5) is 31.3. The average Bonchev–Trinajstić information content (AvgIpc) is 3.55. The van der Waals surface area contributed by atoms with Crippen LogP contribution in [0, 0.1) is 6.92 Å². The van der Waals surface area contributed by atoms with Gasteiger partial charge in [0.1, 0.15) is 5.82 Å². The number of carboxylic acid groups (broad SMARTS) is 1. The van der Waals surface area contributed by atoms with Crippen LogP contribution in [0.4, 0.5) is 11.5 Å². The van der Waals surface area contributed by atoms with E-state index in [1.165, 1.54) is 24.8 Å². The maximum absolute atomic E-state index is 13.7. The van der Waals surface area contributed by atoms with Gasteiger partial charge in [0.15, 0.2) is 5.65 Å². The quantitative estimate of drug-likeness (QED) is 0.290. The minimum atomic E-state index is -0.250. The van der Waals surface area contributed by atoms with Crippen molar-refractivity contribution in [3.05, 3.63) is 52.3 Å². The second kappa shape index (κ2) is 13.0. The molecule has 1 atom stereocenters. The highest BCUT2D eigenvalue weighted by molar-refractivity contribution is 7.99. The molecule has 1 unspecified atom stereocenters. The Bertz CT molecular complexity index is 1230. The molecular formula is C25H34ClN7O3S. The van der Waals surface area contributed by atoms with Crippen molar-refractivity contribution in [2.75, 3.05) is 35.5 Å². The number of hydrogen-bond acceptors (Lipinski definition) is 8. The Morgan fingerprint density at radius 3 is 2.59 bits per heavy atom. The fourth-order valence-corrected chi connectivity index (χ4v) is 5.53. The standard InChI is InChI=1S/C24H29ClN6OS.CH2O2.H3N/c1-16-15-31-22(26-23(16)29-10-5-6-11-29)14-20(27-31)21-7-3-4-12-30(21)24(32)18-13-17(25)8-9-19(18)28-33-2;2-1-3;/h8-9,13-15,21,28H,3-7,10-12H2,1-2H3;1H,(H,2,3);1H3. The van der Waals surface area contributed by atoms with Crippen LogP contribution < -0.4 is 15.8 Å². The van der Waals surface area contributed by atoms with Crippen molar-refractivity contribution in [2.45, 2.75) is 45.1 Å². The van der Waals surface area contributed by atoms with Crippen LogP contribution in [-0.2, 0) is 4.79 Å². The molecule has 2 fully saturated rings. The Balaban J connectivity index is 0.000000908. The molecule has 0 radical (unpaired) electrons. The molecule has 0 aliphatic carbocycles. The van der Waals surface area contributed by atoms with Crippen LogP contribution in [0.2, 0.25) is 5.02 Å². The number of rotatable bonds is 5. The van der Waals surface area contributed by atoms with E-state index in [1.54, 1.807) is 12.1 Å². The Hall–Kier alpha value is -3.02. The van der Waals surface area contributed by atoms with Crippen LogP contribution in [0.15, 0.2) is 30.5 Å². The van der Waals surface area contributed by atoms with Gasteiger partial charge in [0.05, 0.1) is 23.0 Å². The first-order valence-electron chi connectivity index (χ1n) is 12.1. The Kier molecular flexibility index (Phi) is 10.0. The molecule has 200 valence electrons. The molecule has 2 aliphatic rings. The second-order valence-corrected chi connectivity index (χ2v) is 9.97. The molecule has 2 aliphatic heterocycles. The number of fused-ring (bicyclic) bond motifs is 1. The number of nitrogens with one attached hydrogen (secondary N) is 1. The molecule has 4 heterocycles. The summed E-state index contributed by atoms with van der Waals surface area (Å²) in [5.74, 6) is 1.03. The molecule has 3 aromatic rings. The predicted molar refractivity (Wildman–Crippen MR) is 149 cm³/mol. The van der Waals surface area contributed by atoms with Gasteiger partial charge in [-0.05, 0) is 57.2 Å². The van der Waals surface area contributed by atoms with Gasteiger partial charge in [-0.25, -0.2) is 9.50 Å². The zero-order chi connectivity index (χ0) is 25.7. The molecule has 5 rings (SSSR count). The van der Waals surface area contributed by atoms with E-state index < -0.39 is 0 Å². The monoisotopic (exact) mass is 547 g/mol. The van der Waals surface area contributed by atoms with E-state index in [-0.39, 0.29) is 24.6 Å². The number of likely N-dealkylation sites (tertiary alicyclic amines) is 1. The van der Waals surface area contributed by atoms with Crippen molar-refractivity contribution in [3.63, 3.8) is 0 Å². The summed E-state index contributed by atoms with van der Waals surface area (Å²) in [5.41, 5.74) is 4.24. The molecule has 2 saturated heterocycles. The zero-order valence-electron chi connectivity index (χ0n) is 21.2. The third-order valence-electron chi connectivity index (χ3n) is 6.56. The number of aromatic nitrogens is 3. The fourth-order valence-electron chi connectivity index (χ4n) is 4.96. The molecule has 1 aromatic carbocycles. The summed E-state index contributed by atoms with van der Waals surface area (Å²) in [6, 6.07) is 7.39. The van der Waals surface area contributed by atoms with Crippen molar-refractivity contribution in [1.29, 1.82) is 0 Å². The summed E-state index contributed by atoms with van der Waals surface area (Å²) in [6.07, 6.45) is 9.37. The number of anilines is 2. The van der Waals surface area contributed by atoms with Gasteiger partial charge in [0.2, 0.25) is 0 Å².